The van der Waals surface area contributed by atoms with Crippen LogP contribution in [0.3, 0.4) is 0 Å². The van der Waals surface area contributed by atoms with Crippen LogP contribution in [0.2, 0.25) is 0 Å². The first-order valence-electron chi connectivity index (χ1n) is 6.90. The number of ether oxygens (including phenoxy) is 1. The Labute approximate surface area is 127 Å². The lowest BCUT2D eigenvalue weighted by Gasteiger charge is -2.29. The molecule has 1 aromatic rings. The molecule has 1 fully saturated rings. The van der Waals surface area contributed by atoms with Crippen LogP contribution in [0.5, 0.6) is 0 Å². The number of hydrogen-bond acceptors (Lipinski definition) is 4. The summed E-state index contributed by atoms with van der Waals surface area (Å²) in [5.41, 5.74) is 0.843. The number of furan rings is 1. The Balaban J connectivity index is 1.76. The molecule has 5 nitrogen and oxygen atoms in total. The van der Waals surface area contributed by atoms with Crippen molar-refractivity contribution >= 4 is 21.8 Å². The number of hydrogen-bond donors (Lipinski definition) is 1. The van der Waals surface area contributed by atoms with Crippen LogP contribution >= 0.6 is 15.9 Å². The molecule has 2 rings (SSSR count). The lowest BCUT2D eigenvalue weighted by atomic mass is 10.1. The normalized spacial score (nSPS) is 17.9. The van der Waals surface area contributed by atoms with Gasteiger partial charge in [0.1, 0.15) is 0 Å². The predicted octanol–water partition coefficient (Wildman–Crippen LogP) is 2.05. The number of nitrogens with one attached hydrogen (secondary N) is 1. The Kier molecular flexibility index (Phi) is 5.63. The van der Waals surface area contributed by atoms with E-state index in [9.17, 15) is 4.79 Å². The van der Waals surface area contributed by atoms with Crippen molar-refractivity contribution in [3.63, 3.8) is 0 Å². The van der Waals surface area contributed by atoms with Crippen molar-refractivity contribution in [3.8, 4) is 0 Å². The summed E-state index contributed by atoms with van der Waals surface area (Å²) in [6.45, 7) is 9.18. The van der Waals surface area contributed by atoms with Crippen LogP contribution in [-0.4, -0.2) is 50.2 Å². The lowest BCUT2D eigenvalue weighted by molar-refractivity contribution is 0.0317. The number of halogens is 1. The highest BCUT2D eigenvalue weighted by molar-refractivity contribution is 9.10. The Morgan fingerprint density at radius 2 is 2.20 bits per heavy atom. The Morgan fingerprint density at radius 1 is 1.50 bits per heavy atom. The zero-order chi connectivity index (χ0) is 14.5. The summed E-state index contributed by atoms with van der Waals surface area (Å²) >= 11 is 3.23. The first-order chi connectivity index (χ1) is 9.56. The summed E-state index contributed by atoms with van der Waals surface area (Å²) in [5.74, 6) is 0.633. The van der Waals surface area contributed by atoms with E-state index in [1.165, 1.54) is 0 Å². The third-order valence-corrected chi connectivity index (χ3v) is 3.77. The summed E-state index contributed by atoms with van der Waals surface area (Å²) in [6.07, 6.45) is 0. The molecule has 0 saturated carbocycles. The zero-order valence-electron chi connectivity index (χ0n) is 11.9. The van der Waals surface area contributed by atoms with Gasteiger partial charge in [-0.1, -0.05) is 6.92 Å². The zero-order valence-corrected chi connectivity index (χ0v) is 13.5. The molecule has 1 saturated heterocycles. The number of rotatable bonds is 5. The quantitative estimate of drug-likeness (QED) is 0.888. The highest BCUT2D eigenvalue weighted by Gasteiger charge is 2.17. The molecule has 0 bridgehead atoms. The Hall–Kier alpha value is -0.850. The third kappa shape index (κ3) is 4.33. The average molecular weight is 345 g/mol. The van der Waals surface area contributed by atoms with Gasteiger partial charge >= 0.3 is 0 Å². The largest absolute Gasteiger partial charge is 0.444 e. The highest BCUT2D eigenvalue weighted by Crippen LogP contribution is 2.19. The van der Waals surface area contributed by atoms with Crippen LogP contribution in [0.25, 0.3) is 0 Å². The Bertz CT molecular complexity index is 455. The number of morpholine rings is 1. The van der Waals surface area contributed by atoms with E-state index in [1.807, 2.05) is 6.92 Å². The molecule has 1 aliphatic rings. The van der Waals surface area contributed by atoms with Gasteiger partial charge in [-0.05, 0) is 34.8 Å². The van der Waals surface area contributed by atoms with E-state index in [0.29, 0.717) is 22.9 Å². The van der Waals surface area contributed by atoms with Crippen molar-refractivity contribution in [2.75, 3.05) is 39.4 Å². The van der Waals surface area contributed by atoms with Gasteiger partial charge in [0.2, 0.25) is 0 Å². The molecule has 1 unspecified atom stereocenters. The van der Waals surface area contributed by atoms with Gasteiger partial charge in [-0.3, -0.25) is 9.69 Å². The van der Waals surface area contributed by atoms with Gasteiger partial charge in [-0.15, -0.1) is 0 Å². The van der Waals surface area contributed by atoms with E-state index in [0.717, 1.165) is 38.4 Å². The van der Waals surface area contributed by atoms with Gasteiger partial charge in [0, 0.05) is 31.7 Å². The van der Waals surface area contributed by atoms with E-state index < -0.39 is 0 Å². The van der Waals surface area contributed by atoms with E-state index in [2.05, 4.69) is 33.1 Å². The maximum Gasteiger partial charge on any atom is 0.287 e. The number of carbonyl (C=O) groups excluding carboxylic acids is 1. The summed E-state index contributed by atoms with van der Waals surface area (Å²) < 4.78 is 11.2. The summed E-state index contributed by atoms with van der Waals surface area (Å²) in [4.78, 5) is 14.4. The molecule has 0 aliphatic carbocycles. The van der Waals surface area contributed by atoms with Gasteiger partial charge < -0.3 is 14.5 Å². The lowest BCUT2D eigenvalue weighted by Crippen LogP contribution is -2.41. The summed E-state index contributed by atoms with van der Waals surface area (Å²) in [7, 11) is 0. The van der Waals surface area contributed by atoms with Gasteiger partial charge in [0.15, 0.2) is 10.4 Å². The van der Waals surface area contributed by atoms with Crippen molar-refractivity contribution in [1.29, 1.82) is 0 Å². The van der Waals surface area contributed by atoms with Crippen molar-refractivity contribution in [2.24, 2.45) is 5.92 Å². The molecule has 1 atom stereocenters. The van der Waals surface area contributed by atoms with Gasteiger partial charge in [-0.2, -0.15) is 0 Å². The molecular formula is C14H21BrN2O3. The van der Waals surface area contributed by atoms with Gasteiger partial charge in [0.25, 0.3) is 5.91 Å². The van der Waals surface area contributed by atoms with Crippen LogP contribution in [0, 0.1) is 12.8 Å². The maximum absolute atomic E-state index is 12.0. The highest BCUT2D eigenvalue weighted by atomic mass is 79.9. The number of nitrogens with zero attached hydrogens (tertiary/aromatic N) is 1. The summed E-state index contributed by atoms with van der Waals surface area (Å²) in [6, 6.07) is 1.80. The monoisotopic (exact) mass is 344 g/mol. The van der Waals surface area contributed by atoms with E-state index >= 15 is 0 Å². The van der Waals surface area contributed by atoms with Crippen molar-refractivity contribution < 1.29 is 13.9 Å². The first kappa shape index (κ1) is 15.5. The molecule has 20 heavy (non-hydrogen) atoms. The average Bonchev–Trinajstić information content (AvgIpc) is 2.76. The predicted molar refractivity (Wildman–Crippen MR) is 79.9 cm³/mol. The van der Waals surface area contributed by atoms with Crippen LogP contribution in [-0.2, 0) is 4.74 Å². The fraction of sp³-hybridized carbons (Fsp3) is 0.643. The standard InChI is InChI=1S/C14H21BrN2O3/c1-10(9-17-3-5-19-6-4-17)8-16-14(18)13-11(2)7-12(15)20-13/h7,10H,3-6,8-9H2,1-2H3,(H,16,18). The first-order valence-corrected chi connectivity index (χ1v) is 7.70. The minimum atomic E-state index is -0.151. The van der Waals surface area contributed by atoms with Gasteiger partial charge in [-0.25, -0.2) is 0 Å². The third-order valence-electron chi connectivity index (χ3n) is 3.38. The van der Waals surface area contributed by atoms with E-state index in [4.69, 9.17) is 9.15 Å². The van der Waals surface area contributed by atoms with Crippen molar-refractivity contribution in [1.82, 2.24) is 10.2 Å². The topological polar surface area (TPSA) is 54.7 Å². The minimum Gasteiger partial charge on any atom is -0.444 e. The second kappa shape index (κ2) is 7.24. The van der Waals surface area contributed by atoms with Crippen LogP contribution < -0.4 is 5.32 Å². The Morgan fingerprint density at radius 3 is 2.80 bits per heavy atom. The molecule has 1 aliphatic heterocycles. The molecule has 0 spiro atoms. The second-order valence-corrected chi connectivity index (χ2v) is 6.07. The van der Waals surface area contributed by atoms with E-state index in [1.54, 1.807) is 6.07 Å². The fourth-order valence-corrected chi connectivity index (χ4v) is 2.81. The fourth-order valence-electron chi connectivity index (χ4n) is 2.30. The van der Waals surface area contributed by atoms with Crippen molar-refractivity contribution in [3.05, 3.63) is 22.1 Å². The molecule has 0 aromatic carbocycles. The molecule has 0 radical (unpaired) electrons. The smallest absolute Gasteiger partial charge is 0.287 e. The van der Waals surface area contributed by atoms with Crippen molar-refractivity contribution in [2.45, 2.75) is 13.8 Å². The van der Waals surface area contributed by atoms with Gasteiger partial charge in [0.05, 0.1) is 13.2 Å². The molecular weight excluding hydrogens is 324 g/mol. The number of carbonyl (C=O) groups is 1. The van der Waals surface area contributed by atoms with Crippen LogP contribution in [0.1, 0.15) is 23.0 Å². The molecule has 1 amide bonds. The summed E-state index contributed by atoms with van der Waals surface area (Å²) in [5, 5.41) is 2.93. The molecule has 1 aromatic heterocycles. The maximum atomic E-state index is 12.0. The second-order valence-electron chi connectivity index (χ2n) is 5.29. The molecule has 1 N–H and O–H groups in total. The molecule has 2 heterocycles. The minimum absolute atomic E-state index is 0.151. The number of amides is 1. The molecule has 112 valence electrons. The van der Waals surface area contributed by atoms with Crippen LogP contribution in [0.15, 0.2) is 15.2 Å². The molecule has 6 heteroatoms. The number of aryl methyl sites for hydroxylation is 1. The van der Waals surface area contributed by atoms with E-state index in [-0.39, 0.29) is 5.91 Å². The van der Waals surface area contributed by atoms with Crippen LogP contribution in [0.4, 0.5) is 0 Å². The SMILES string of the molecule is Cc1cc(Br)oc1C(=O)NCC(C)CN1CCOCC1.